The van der Waals surface area contributed by atoms with E-state index in [9.17, 15) is 0 Å². The van der Waals surface area contributed by atoms with Crippen LogP contribution in [0.25, 0.3) is 0 Å². The van der Waals surface area contributed by atoms with Crippen molar-refractivity contribution in [3.63, 3.8) is 0 Å². The van der Waals surface area contributed by atoms with Crippen LogP contribution in [0.15, 0.2) is 6.20 Å². The minimum absolute atomic E-state index is 0.495. The zero-order valence-corrected chi connectivity index (χ0v) is 5.37. The fourth-order valence-electron chi connectivity index (χ4n) is 0.514. The Labute approximate surface area is 52.9 Å². The predicted molar refractivity (Wildman–Crippen MR) is 32.9 cm³/mol. The van der Waals surface area contributed by atoms with Crippen LogP contribution in [0.5, 0.6) is 0 Å². The molecular formula is C5H7ClN2. The zero-order valence-electron chi connectivity index (χ0n) is 4.61. The quantitative estimate of drug-likeness (QED) is 0.573. The van der Waals surface area contributed by atoms with Crippen LogP contribution >= 0.6 is 11.6 Å². The first-order chi connectivity index (χ1) is 3.84. The molecule has 0 bridgehead atoms. The van der Waals surface area contributed by atoms with Gasteiger partial charge < -0.3 is 0 Å². The van der Waals surface area contributed by atoms with Gasteiger partial charge in [0.1, 0.15) is 0 Å². The van der Waals surface area contributed by atoms with Crippen LogP contribution in [-0.2, 0) is 5.88 Å². The van der Waals surface area contributed by atoms with Gasteiger partial charge in [-0.1, -0.05) is 0 Å². The van der Waals surface area contributed by atoms with Gasteiger partial charge >= 0.3 is 0 Å². The molecule has 1 aromatic rings. The van der Waals surface area contributed by atoms with Gasteiger partial charge in [-0.05, 0) is 12.5 Å². The van der Waals surface area contributed by atoms with E-state index < -0.39 is 0 Å². The molecule has 0 aliphatic rings. The van der Waals surface area contributed by atoms with E-state index in [0.29, 0.717) is 5.88 Å². The summed E-state index contributed by atoms with van der Waals surface area (Å²) in [5, 5.41) is 6.59. The Morgan fingerprint density at radius 1 is 1.88 bits per heavy atom. The fraction of sp³-hybridized carbons (Fsp3) is 0.400. The molecule has 0 spiro atoms. The third kappa shape index (κ3) is 0.842. The zero-order chi connectivity index (χ0) is 5.98. The highest BCUT2D eigenvalue weighted by atomic mass is 35.5. The van der Waals surface area contributed by atoms with Crippen molar-refractivity contribution >= 4 is 11.6 Å². The maximum Gasteiger partial charge on any atom is 0.0798 e. The normalized spacial score (nSPS) is 9.75. The van der Waals surface area contributed by atoms with E-state index in [2.05, 4.69) is 10.2 Å². The van der Waals surface area contributed by atoms with Crippen molar-refractivity contribution < 1.29 is 0 Å². The molecule has 0 radical (unpaired) electrons. The number of hydrogen-bond donors (Lipinski definition) is 1. The van der Waals surface area contributed by atoms with E-state index in [1.807, 2.05) is 13.1 Å². The number of H-pyrrole nitrogens is 1. The van der Waals surface area contributed by atoms with Gasteiger partial charge in [0.25, 0.3) is 0 Å². The molecule has 3 heteroatoms. The molecule has 2 nitrogen and oxygen atoms in total. The Hall–Kier alpha value is -0.500. The molecule has 44 valence electrons. The third-order valence-corrected chi connectivity index (χ3v) is 1.32. The predicted octanol–water partition coefficient (Wildman–Crippen LogP) is 1.46. The van der Waals surface area contributed by atoms with Crippen molar-refractivity contribution in [2.75, 3.05) is 0 Å². The summed E-state index contributed by atoms with van der Waals surface area (Å²) in [7, 11) is 0. The van der Waals surface area contributed by atoms with Crippen molar-refractivity contribution in [2.45, 2.75) is 12.8 Å². The minimum Gasteiger partial charge on any atom is -0.285 e. The number of hydrogen-bond acceptors (Lipinski definition) is 1. The molecule has 1 rings (SSSR count). The molecule has 0 aliphatic carbocycles. The lowest BCUT2D eigenvalue weighted by molar-refractivity contribution is 1.03. The standard InChI is InChI=1S/C5H7ClN2/c1-4-3-7-8-5(4)2-6/h3H,2H2,1H3,(H,7,8). The molecular weight excluding hydrogens is 124 g/mol. The fourth-order valence-corrected chi connectivity index (χ4v) is 0.784. The number of aryl methyl sites for hydroxylation is 1. The summed E-state index contributed by atoms with van der Waals surface area (Å²) in [4.78, 5) is 0. The first-order valence-electron chi connectivity index (χ1n) is 2.40. The molecule has 0 atom stereocenters. The van der Waals surface area contributed by atoms with Gasteiger partial charge in [0.2, 0.25) is 0 Å². The van der Waals surface area contributed by atoms with Crippen molar-refractivity contribution in [3.05, 3.63) is 17.5 Å². The van der Waals surface area contributed by atoms with E-state index in [4.69, 9.17) is 11.6 Å². The largest absolute Gasteiger partial charge is 0.285 e. The Bertz CT molecular complexity index is 171. The van der Waals surface area contributed by atoms with E-state index in [1.54, 1.807) is 0 Å². The second-order valence-corrected chi connectivity index (χ2v) is 1.92. The average Bonchev–Trinajstić information content (AvgIpc) is 2.14. The van der Waals surface area contributed by atoms with Gasteiger partial charge in [0.15, 0.2) is 0 Å². The molecule has 0 aromatic carbocycles. The van der Waals surface area contributed by atoms with Crippen molar-refractivity contribution in [2.24, 2.45) is 0 Å². The number of rotatable bonds is 1. The Morgan fingerprint density at radius 2 is 2.62 bits per heavy atom. The maximum atomic E-state index is 5.49. The van der Waals surface area contributed by atoms with E-state index in [1.165, 1.54) is 0 Å². The molecule has 1 N–H and O–H groups in total. The number of alkyl halides is 1. The summed E-state index contributed by atoms with van der Waals surface area (Å²) in [5.74, 6) is 0.495. The summed E-state index contributed by atoms with van der Waals surface area (Å²) >= 11 is 5.49. The first-order valence-corrected chi connectivity index (χ1v) is 2.93. The van der Waals surface area contributed by atoms with Gasteiger partial charge in [-0.15, -0.1) is 11.6 Å². The van der Waals surface area contributed by atoms with Crippen LogP contribution in [0.4, 0.5) is 0 Å². The highest BCUT2D eigenvalue weighted by Gasteiger charge is 1.95. The first kappa shape index (κ1) is 5.63. The van der Waals surface area contributed by atoms with E-state index in [-0.39, 0.29) is 0 Å². The van der Waals surface area contributed by atoms with Crippen molar-refractivity contribution in [1.29, 1.82) is 0 Å². The lowest BCUT2D eigenvalue weighted by Gasteiger charge is -1.83. The number of nitrogens with one attached hydrogen (secondary N) is 1. The molecule has 1 aromatic heterocycles. The molecule has 0 amide bonds. The van der Waals surface area contributed by atoms with E-state index >= 15 is 0 Å². The van der Waals surface area contributed by atoms with Gasteiger partial charge in [0.05, 0.1) is 11.6 Å². The van der Waals surface area contributed by atoms with Gasteiger partial charge in [-0.25, -0.2) is 0 Å². The Morgan fingerprint density at radius 3 is 2.88 bits per heavy atom. The van der Waals surface area contributed by atoms with Crippen molar-refractivity contribution in [3.8, 4) is 0 Å². The summed E-state index contributed by atoms with van der Waals surface area (Å²) in [6, 6.07) is 0. The summed E-state index contributed by atoms with van der Waals surface area (Å²) in [6.07, 6.45) is 1.83. The van der Waals surface area contributed by atoms with Gasteiger partial charge in [-0.3, -0.25) is 5.10 Å². The lowest BCUT2D eigenvalue weighted by atomic mass is 10.3. The molecule has 8 heavy (non-hydrogen) atoms. The maximum absolute atomic E-state index is 5.49. The van der Waals surface area contributed by atoms with Gasteiger partial charge in [0, 0.05) is 6.20 Å². The minimum atomic E-state index is 0.495. The van der Waals surface area contributed by atoms with Crippen molar-refractivity contribution in [1.82, 2.24) is 10.2 Å². The van der Waals surface area contributed by atoms with Crippen LogP contribution in [0.2, 0.25) is 0 Å². The third-order valence-electron chi connectivity index (χ3n) is 1.06. The molecule has 0 fully saturated rings. The molecule has 0 saturated carbocycles. The number of halogens is 1. The molecule has 1 heterocycles. The Kier molecular flexibility index (Phi) is 1.53. The molecule has 0 aliphatic heterocycles. The van der Waals surface area contributed by atoms with Crippen LogP contribution in [0.1, 0.15) is 11.3 Å². The number of aromatic amines is 1. The Balaban J connectivity index is 2.92. The number of nitrogens with zero attached hydrogens (tertiary/aromatic N) is 1. The second-order valence-electron chi connectivity index (χ2n) is 1.65. The van der Waals surface area contributed by atoms with Crippen LogP contribution < -0.4 is 0 Å². The molecule has 0 saturated heterocycles. The topological polar surface area (TPSA) is 28.7 Å². The monoisotopic (exact) mass is 130 g/mol. The van der Waals surface area contributed by atoms with Crippen LogP contribution in [0, 0.1) is 6.92 Å². The average molecular weight is 131 g/mol. The van der Waals surface area contributed by atoms with Crippen LogP contribution in [0.3, 0.4) is 0 Å². The van der Waals surface area contributed by atoms with Gasteiger partial charge in [-0.2, -0.15) is 5.10 Å². The smallest absolute Gasteiger partial charge is 0.0798 e. The highest BCUT2D eigenvalue weighted by molar-refractivity contribution is 6.16. The SMILES string of the molecule is Cc1c[nH]nc1CCl. The summed E-state index contributed by atoms with van der Waals surface area (Å²) in [6.45, 7) is 1.97. The second kappa shape index (κ2) is 2.18. The summed E-state index contributed by atoms with van der Waals surface area (Å²) < 4.78 is 0. The number of aromatic nitrogens is 2. The highest BCUT2D eigenvalue weighted by Crippen LogP contribution is 2.03. The molecule has 0 unspecified atom stereocenters. The van der Waals surface area contributed by atoms with Crippen LogP contribution in [-0.4, -0.2) is 10.2 Å². The lowest BCUT2D eigenvalue weighted by Crippen LogP contribution is -1.78. The van der Waals surface area contributed by atoms with E-state index in [0.717, 1.165) is 11.3 Å². The summed E-state index contributed by atoms with van der Waals surface area (Å²) in [5.41, 5.74) is 2.06.